The molecule has 0 spiro atoms. The highest BCUT2D eigenvalue weighted by Crippen LogP contribution is 2.27. The fourth-order valence-corrected chi connectivity index (χ4v) is 2.61. The number of hydrogen-bond donors (Lipinski definition) is 1. The monoisotopic (exact) mass is 369 g/mol. The van der Waals surface area contributed by atoms with Gasteiger partial charge in [0.1, 0.15) is 6.33 Å². The molecule has 1 aromatic heterocycles. The van der Waals surface area contributed by atoms with Crippen LogP contribution in [0, 0.1) is 0 Å². The van der Waals surface area contributed by atoms with E-state index in [1.165, 1.54) is 6.33 Å². The quantitative estimate of drug-likeness (QED) is 0.840. The van der Waals surface area contributed by atoms with Crippen LogP contribution in [-0.4, -0.2) is 23.6 Å². The summed E-state index contributed by atoms with van der Waals surface area (Å²) >= 11 is 9.53. The molecule has 1 N–H and O–H groups in total. The second-order valence-corrected chi connectivity index (χ2v) is 5.80. The third kappa shape index (κ3) is 4.40. The highest BCUT2D eigenvalue weighted by Gasteiger charge is 2.14. The Hall–Kier alpha value is -1.17. The first-order valence-electron chi connectivity index (χ1n) is 6.67. The molecule has 0 bridgehead atoms. The normalized spacial score (nSPS) is 12.2. The van der Waals surface area contributed by atoms with E-state index in [0.717, 1.165) is 28.7 Å². The summed E-state index contributed by atoms with van der Waals surface area (Å²) in [6, 6.07) is 7.97. The summed E-state index contributed by atoms with van der Waals surface area (Å²) in [5, 5.41) is 4.17. The van der Waals surface area contributed by atoms with E-state index in [0.29, 0.717) is 10.9 Å². The van der Waals surface area contributed by atoms with Crippen molar-refractivity contribution < 1.29 is 4.74 Å². The molecule has 1 aromatic carbocycles. The van der Waals surface area contributed by atoms with Crippen molar-refractivity contribution in [3.05, 3.63) is 51.3 Å². The van der Waals surface area contributed by atoms with E-state index >= 15 is 0 Å². The number of nitrogens with one attached hydrogen (secondary N) is 1. The molecule has 1 unspecified atom stereocenters. The van der Waals surface area contributed by atoms with Crippen LogP contribution in [0.1, 0.15) is 24.2 Å². The van der Waals surface area contributed by atoms with Crippen molar-refractivity contribution in [2.75, 3.05) is 13.7 Å². The van der Waals surface area contributed by atoms with Crippen molar-refractivity contribution in [1.82, 2.24) is 15.3 Å². The topological polar surface area (TPSA) is 47.0 Å². The number of hydrogen-bond acceptors (Lipinski definition) is 4. The number of aromatic nitrogens is 2. The van der Waals surface area contributed by atoms with Crippen LogP contribution in [0.2, 0.25) is 5.02 Å². The van der Waals surface area contributed by atoms with Crippen LogP contribution in [0.5, 0.6) is 5.88 Å². The molecular weight excluding hydrogens is 354 g/mol. The van der Waals surface area contributed by atoms with Crippen LogP contribution in [0.15, 0.2) is 35.1 Å². The Bertz CT molecular complexity index is 609. The van der Waals surface area contributed by atoms with Crippen molar-refractivity contribution in [2.45, 2.75) is 19.4 Å². The number of halogens is 2. The van der Waals surface area contributed by atoms with Gasteiger partial charge in [-0.1, -0.05) is 24.6 Å². The first kappa shape index (κ1) is 16.2. The van der Waals surface area contributed by atoms with Crippen molar-refractivity contribution in [2.24, 2.45) is 0 Å². The molecule has 21 heavy (non-hydrogen) atoms. The average molecular weight is 371 g/mol. The predicted octanol–water partition coefficient (Wildman–Crippen LogP) is 3.79. The summed E-state index contributed by atoms with van der Waals surface area (Å²) < 4.78 is 6.03. The highest BCUT2D eigenvalue weighted by atomic mass is 79.9. The molecule has 0 radical (unpaired) electrons. The molecular formula is C15H17BrClN3O. The summed E-state index contributed by atoms with van der Waals surface area (Å²) in [6.45, 7) is 2.95. The van der Waals surface area contributed by atoms with E-state index in [-0.39, 0.29) is 6.04 Å². The third-order valence-corrected chi connectivity index (χ3v) is 4.33. The minimum atomic E-state index is 0.156. The van der Waals surface area contributed by atoms with Gasteiger partial charge in [0.2, 0.25) is 5.88 Å². The fourth-order valence-electron chi connectivity index (χ4n) is 2.09. The van der Waals surface area contributed by atoms with Gasteiger partial charge in [-0.3, -0.25) is 0 Å². The van der Waals surface area contributed by atoms with E-state index in [1.54, 1.807) is 7.11 Å². The maximum Gasteiger partial charge on any atom is 0.216 e. The van der Waals surface area contributed by atoms with Crippen LogP contribution in [0.4, 0.5) is 0 Å². The van der Waals surface area contributed by atoms with Gasteiger partial charge >= 0.3 is 0 Å². The Morgan fingerprint density at radius 1 is 1.33 bits per heavy atom. The smallest absolute Gasteiger partial charge is 0.216 e. The van der Waals surface area contributed by atoms with E-state index in [1.807, 2.05) is 24.3 Å². The van der Waals surface area contributed by atoms with Gasteiger partial charge in [0.05, 0.1) is 12.1 Å². The lowest BCUT2D eigenvalue weighted by Crippen LogP contribution is -2.23. The molecule has 0 saturated carbocycles. The number of rotatable bonds is 6. The SMILES string of the molecule is CCNC(Cc1cc(OC)ncn1)c1ccc(Cl)c(Br)c1. The molecule has 112 valence electrons. The molecule has 2 rings (SSSR count). The van der Waals surface area contributed by atoms with Gasteiger partial charge in [0.15, 0.2) is 0 Å². The number of benzene rings is 1. The standard InChI is InChI=1S/C15H17BrClN3O/c1-3-18-14(10-4-5-13(17)12(16)6-10)7-11-8-15(21-2)20-9-19-11/h4-6,8-9,14,18H,3,7H2,1-2H3. The molecule has 0 aliphatic rings. The molecule has 0 fully saturated rings. The Balaban J connectivity index is 2.23. The summed E-state index contributed by atoms with van der Waals surface area (Å²) in [6.07, 6.45) is 2.27. The van der Waals surface area contributed by atoms with Crippen LogP contribution in [0.3, 0.4) is 0 Å². The van der Waals surface area contributed by atoms with Crippen molar-refractivity contribution in [3.8, 4) is 5.88 Å². The zero-order valence-corrected chi connectivity index (χ0v) is 14.3. The predicted molar refractivity (Wildman–Crippen MR) is 87.9 cm³/mol. The molecule has 4 nitrogen and oxygen atoms in total. The fraction of sp³-hybridized carbons (Fsp3) is 0.333. The minimum Gasteiger partial charge on any atom is -0.481 e. The lowest BCUT2D eigenvalue weighted by molar-refractivity contribution is 0.395. The van der Waals surface area contributed by atoms with Gasteiger partial charge in [-0.15, -0.1) is 0 Å². The van der Waals surface area contributed by atoms with Crippen LogP contribution < -0.4 is 10.1 Å². The largest absolute Gasteiger partial charge is 0.481 e. The lowest BCUT2D eigenvalue weighted by atomic mass is 10.0. The van der Waals surface area contributed by atoms with Crippen LogP contribution in [-0.2, 0) is 6.42 Å². The Morgan fingerprint density at radius 2 is 2.14 bits per heavy atom. The van der Waals surface area contributed by atoms with Gasteiger partial charge in [0.25, 0.3) is 0 Å². The van der Waals surface area contributed by atoms with E-state index in [9.17, 15) is 0 Å². The zero-order chi connectivity index (χ0) is 15.2. The molecule has 6 heteroatoms. The Morgan fingerprint density at radius 3 is 2.81 bits per heavy atom. The summed E-state index contributed by atoms with van der Waals surface area (Å²) in [5.41, 5.74) is 2.09. The van der Waals surface area contributed by atoms with Crippen molar-refractivity contribution in [3.63, 3.8) is 0 Å². The Kier molecular flexibility index (Phi) is 5.96. The molecule has 0 saturated heterocycles. The number of methoxy groups -OCH3 is 1. The number of nitrogens with zero attached hydrogens (tertiary/aromatic N) is 2. The van der Waals surface area contributed by atoms with Gasteiger partial charge in [-0.25, -0.2) is 9.97 Å². The maximum absolute atomic E-state index is 6.06. The number of ether oxygens (including phenoxy) is 1. The van der Waals surface area contributed by atoms with Gasteiger partial charge in [-0.2, -0.15) is 0 Å². The van der Waals surface area contributed by atoms with E-state index in [2.05, 4.69) is 38.1 Å². The highest BCUT2D eigenvalue weighted by molar-refractivity contribution is 9.10. The lowest BCUT2D eigenvalue weighted by Gasteiger charge is -2.18. The minimum absolute atomic E-state index is 0.156. The van der Waals surface area contributed by atoms with Crippen LogP contribution >= 0.6 is 27.5 Å². The second-order valence-electron chi connectivity index (χ2n) is 4.54. The first-order valence-corrected chi connectivity index (χ1v) is 7.84. The van der Waals surface area contributed by atoms with Gasteiger partial charge < -0.3 is 10.1 Å². The molecule has 0 aliphatic carbocycles. The molecule has 2 aromatic rings. The maximum atomic E-state index is 6.06. The van der Waals surface area contributed by atoms with Crippen molar-refractivity contribution >= 4 is 27.5 Å². The second kappa shape index (κ2) is 7.73. The average Bonchev–Trinajstić information content (AvgIpc) is 2.50. The molecule has 0 amide bonds. The van der Waals surface area contributed by atoms with Crippen LogP contribution in [0.25, 0.3) is 0 Å². The summed E-state index contributed by atoms with van der Waals surface area (Å²) in [4.78, 5) is 8.34. The zero-order valence-electron chi connectivity index (χ0n) is 11.9. The molecule has 0 aliphatic heterocycles. The first-order chi connectivity index (χ1) is 10.1. The number of likely N-dealkylation sites (N-methyl/N-ethyl adjacent to an activating group) is 1. The molecule has 1 atom stereocenters. The summed E-state index contributed by atoms with van der Waals surface area (Å²) in [7, 11) is 1.60. The van der Waals surface area contributed by atoms with Gasteiger partial charge in [0, 0.05) is 28.7 Å². The molecule has 1 heterocycles. The Labute approximate surface area is 138 Å². The van der Waals surface area contributed by atoms with Gasteiger partial charge in [-0.05, 0) is 40.2 Å². The van der Waals surface area contributed by atoms with E-state index in [4.69, 9.17) is 16.3 Å². The third-order valence-electron chi connectivity index (χ3n) is 3.12. The van der Waals surface area contributed by atoms with Crippen molar-refractivity contribution in [1.29, 1.82) is 0 Å². The van der Waals surface area contributed by atoms with E-state index < -0.39 is 0 Å². The summed E-state index contributed by atoms with van der Waals surface area (Å²) in [5.74, 6) is 0.576.